The first kappa shape index (κ1) is 22.2. The Labute approximate surface area is 190 Å². The Balaban J connectivity index is 1.27. The molecule has 1 atom stereocenters. The van der Waals surface area contributed by atoms with Crippen LogP contribution in [0.3, 0.4) is 0 Å². The summed E-state index contributed by atoms with van der Waals surface area (Å²) in [6.07, 6.45) is -0.704. The van der Waals surface area contributed by atoms with E-state index in [0.29, 0.717) is 28.9 Å². The van der Waals surface area contributed by atoms with Gasteiger partial charge >= 0.3 is 5.97 Å². The third kappa shape index (κ3) is 5.60. The first-order chi connectivity index (χ1) is 15.5. The molecule has 0 aliphatic rings. The smallest absolute Gasteiger partial charge is 0.338 e. The van der Waals surface area contributed by atoms with Crippen molar-refractivity contribution >= 4 is 39.6 Å². The second-order valence-electron chi connectivity index (χ2n) is 7.94. The fourth-order valence-corrected chi connectivity index (χ4v) is 3.82. The summed E-state index contributed by atoms with van der Waals surface area (Å²) in [4.78, 5) is 16.5. The largest absolute Gasteiger partial charge is 0.491 e. The molecule has 0 saturated heterocycles. The Hall–Kier alpha value is -3.03. The number of benzene rings is 3. The van der Waals surface area contributed by atoms with E-state index < -0.39 is 6.10 Å². The van der Waals surface area contributed by atoms with Gasteiger partial charge in [-0.25, -0.2) is 9.78 Å². The number of aliphatic hydroxyl groups is 1. The maximum atomic E-state index is 12.0. The summed E-state index contributed by atoms with van der Waals surface area (Å²) in [5.41, 5.74) is 1.99. The molecule has 1 N–H and O–H groups in total. The molecule has 0 bridgehead atoms. The van der Waals surface area contributed by atoms with E-state index >= 15 is 0 Å². The predicted octanol–water partition coefficient (Wildman–Crippen LogP) is 5.33. The average Bonchev–Trinajstić information content (AvgIpc) is 3.20. The molecule has 4 rings (SSSR count). The molecular weight excluding hydrogens is 426 g/mol. The summed E-state index contributed by atoms with van der Waals surface area (Å²) in [5.74, 6) is 0.887. The molecule has 1 aromatic heterocycles. The molecule has 6 nitrogen and oxygen atoms in total. The van der Waals surface area contributed by atoms with Crippen molar-refractivity contribution in [3.8, 4) is 5.75 Å². The van der Waals surface area contributed by atoms with Crippen LogP contribution in [-0.2, 0) is 4.74 Å². The number of nitrogens with zero attached hydrogens (tertiary/aromatic N) is 1. The van der Waals surface area contributed by atoms with Crippen molar-refractivity contribution in [3.05, 3.63) is 66.2 Å². The second kappa shape index (κ2) is 10.1. The van der Waals surface area contributed by atoms with Crippen LogP contribution in [0.2, 0.25) is 0 Å². The topological polar surface area (TPSA) is 81.8 Å². The molecule has 0 aliphatic heterocycles. The number of rotatable bonds is 9. The molecule has 4 aromatic rings. The minimum absolute atomic E-state index is 0.119. The van der Waals surface area contributed by atoms with E-state index in [0.717, 1.165) is 21.9 Å². The number of aliphatic hydroxyl groups excluding tert-OH is 1. The highest BCUT2D eigenvalue weighted by molar-refractivity contribution is 7.99. The number of hydrogen-bond acceptors (Lipinski definition) is 7. The van der Waals surface area contributed by atoms with Crippen LogP contribution in [0.1, 0.15) is 24.2 Å². The summed E-state index contributed by atoms with van der Waals surface area (Å²) < 4.78 is 16.7. The Kier molecular flexibility index (Phi) is 6.97. The maximum Gasteiger partial charge on any atom is 0.338 e. The fourth-order valence-electron chi connectivity index (χ4n) is 3.07. The highest BCUT2D eigenvalue weighted by Gasteiger charge is 2.13. The SMILES string of the molecule is CC(C)COC(=O)c1ccc(OCC(O)CSc2nc3cc4ccccc4cc3o2)cc1. The van der Waals surface area contributed by atoms with Gasteiger partial charge in [-0.05, 0) is 53.1 Å². The molecule has 0 amide bonds. The van der Waals surface area contributed by atoms with E-state index in [9.17, 15) is 9.90 Å². The molecule has 1 unspecified atom stereocenters. The van der Waals surface area contributed by atoms with Crippen LogP contribution in [0.5, 0.6) is 5.75 Å². The summed E-state index contributed by atoms with van der Waals surface area (Å²) >= 11 is 1.34. The van der Waals surface area contributed by atoms with E-state index in [1.165, 1.54) is 11.8 Å². The van der Waals surface area contributed by atoms with Crippen molar-refractivity contribution in [2.45, 2.75) is 25.2 Å². The first-order valence-electron chi connectivity index (χ1n) is 10.5. The fraction of sp³-hybridized carbons (Fsp3) is 0.280. The van der Waals surface area contributed by atoms with Crippen LogP contribution in [0.4, 0.5) is 0 Å². The van der Waals surface area contributed by atoms with Gasteiger partial charge in [-0.1, -0.05) is 49.9 Å². The van der Waals surface area contributed by atoms with Gasteiger partial charge in [-0.2, -0.15) is 0 Å². The minimum Gasteiger partial charge on any atom is -0.491 e. The lowest BCUT2D eigenvalue weighted by molar-refractivity contribution is 0.0459. The van der Waals surface area contributed by atoms with Gasteiger partial charge in [0.2, 0.25) is 0 Å². The molecule has 0 spiro atoms. The third-order valence-electron chi connectivity index (χ3n) is 4.72. The third-order valence-corrected chi connectivity index (χ3v) is 5.69. The first-order valence-corrected chi connectivity index (χ1v) is 11.5. The van der Waals surface area contributed by atoms with Crippen molar-refractivity contribution in [3.63, 3.8) is 0 Å². The van der Waals surface area contributed by atoms with E-state index in [1.54, 1.807) is 24.3 Å². The van der Waals surface area contributed by atoms with Gasteiger partial charge in [0.25, 0.3) is 5.22 Å². The zero-order chi connectivity index (χ0) is 22.5. The monoisotopic (exact) mass is 451 g/mol. The van der Waals surface area contributed by atoms with Gasteiger partial charge in [-0.3, -0.25) is 0 Å². The minimum atomic E-state index is -0.704. The Morgan fingerprint density at radius 1 is 1.06 bits per heavy atom. The lowest BCUT2D eigenvalue weighted by atomic mass is 10.1. The number of oxazole rings is 1. The highest BCUT2D eigenvalue weighted by Crippen LogP contribution is 2.28. The van der Waals surface area contributed by atoms with Gasteiger partial charge in [-0.15, -0.1) is 0 Å². The molecule has 1 heterocycles. The molecule has 0 saturated carbocycles. The quantitative estimate of drug-likeness (QED) is 0.272. The average molecular weight is 452 g/mol. The number of esters is 1. The number of thioether (sulfide) groups is 1. The number of aromatic nitrogens is 1. The van der Waals surface area contributed by atoms with Crippen molar-refractivity contribution in [2.24, 2.45) is 5.92 Å². The summed E-state index contributed by atoms with van der Waals surface area (Å²) in [6.45, 7) is 4.48. The second-order valence-corrected chi connectivity index (χ2v) is 8.91. The molecular formula is C25H25NO5S. The zero-order valence-corrected chi connectivity index (χ0v) is 18.8. The van der Waals surface area contributed by atoms with Crippen LogP contribution in [0.25, 0.3) is 21.9 Å². The van der Waals surface area contributed by atoms with Gasteiger partial charge in [0.15, 0.2) is 5.58 Å². The van der Waals surface area contributed by atoms with Gasteiger partial charge < -0.3 is 19.0 Å². The van der Waals surface area contributed by atoms with Crippen LogP contribution in [0.15, 0.2) is 70.3 Å². The summed E-state index contributed by atoms with van der Waals surface area (Å²) in [7, 11) is 0. The number of hydrogen-bond donors (Lipinski definition) is 1. The molecule has 0 fully saturated rings. The molecule has 32 heavy (non-hydrogen) atoms. The summed E-state index contributed by atoms with van der Waals surface area (Å²) in [6, 6.07) is 18.7. The van der Waals surface area contributed by atoms with Crippen molar-refractivity contribution in [1.29, 1.82) is 0 Å². The van der Waals surface area contributed by atoms with Crippen LogP contribution < -0.4 is 4.74 Å². The predicted molar refractivity (Wildman–Crippen MR) is 125 cm³/mol. The van der Waals surface area contributed by atoms with Crippen molar-refractivity contribution in [2.75, 3.05) is 19.0 Å². The normalized spacial score (nSPS) is 12.4. The van der Waals surface area contributed by atoms with E-state index in [-0.39, 0.29) is 18.5 Å². The van der Waals surface area contributed by atoms with Crippen molar-refractivity contribution < 1.29 is 23.8 Å². The van der Waals surface area contributed by atoms with E-state index in [2.05, 4.69) is 4.98 Å². The Morgan fingerprint density at radius 2 is 1.78 bits per heavy atom. The van der Waals surface area contributed by atoms with E-state index in [1.807, 2.05) is 50.2 Å². The maximum absolute atomic E-state index is 12.0. The Bertz CT molecular complexity index is 1150. The molecule has 0 radical (unpaired) electrons. The Morgan fingerprint density at radius 3 is 2.50 bits per heavy atom. The standard InChI is InChI=1S/C25H25NO5S/c1-16(2)13-30-24(28)17-7-9-21(10-8-17)29-14-20(27)15-32-25-26-22-11-18-5-3-4-6-19(18)12-23(22)31-25/h3-12,16,20,27H,13-15H2,1-2H3. The molecule has 7 heteroatoms. The number of carbonyl (C=O) groups excluding carboxylic acids is 1. The van der Waals surface area contributed by atoms with Gasteiger partial charge in [0.05, 0.1) is 18.3 Å². The van der Waals surface area contributed by atoms with Gasteiger partial charge in [0, 0.05) is 5.75 Å². The molecule has 3 aromatic carbocycles. The lowest BCUT2D eigenvalue weighted by Crippen LogP contribution is -2.20. The summed E-state index contributed by atoms with van der Waals surface area (Å²) in [5, 5.41) is 13.0. The van der Waals surface area contributed by atoms with E-state index in [4.69, 9.17) is 13.9 Å². The van der Waals surface area contributed by atoms with Crippen LogP contribution in [-0.4, -0.2) is 41.1 Å². The zero-order valence-electron chi connectivity index (χ0n) is 18.0. The number of fused-ring (bicyclic) bond motifs is 2. The lowest BCUT2D eigenvalue weighted by Gasteiger charge is -2.12. The molecule has 166 valence electrons. The van der Waals surface area contributed by atoms with Crippen molar-refractivity contribution in [1.82, 2.24) is 4.98 Å². The van der Waals surface area contributed by atoms with Crippen LogP contribution >= 0.6 is 11.8 Å². The number of carbonyl (C=O) groups is 1. The molecule has 0 aliphatic carbocycles. The highest BCUT2D eigenvalue weighted by atomic mass is 32.2. The number of ether oxygens (including phenoxy) is 2. The van der Waals surface area contributed by atoms with Crippen LogP contribution in [0, 0.1) is 5.92 Å². The van der Waals surface area contributed by atoms with Gasteiger partial charge in [0.1, 0.15) is 17.9 Å².